The lowest BCUT2D eigenvalue weighted by atomic mass is 10.2. The van der Waals surface area contributed by atoms with Crippen LogP contribution >= 0.6 is 11.3 Å². The minimum atomic E-state index is -0.401. The third-order valence-corrected chi connectivity index (χ3v) is 6.13. The molecule has 5 rings (SSSR count). The van der Waals surface area contributed by atoms with Crippen molar-refractivity contribution >= 4 is 43.4 Å². The Kier molecular flexibility index (Phi) is 5.27. The fourth-order valence-electron chi connectivity index (χ4n) is 3.51. The molecule has 2 aromatic carbocycles. The lowest BCUT2D eigenvalue weighted by Gasteiger charge is -2.07. The number of nitrogens with zero attached hydrogens (tertiary/aromatic N) is 5. The van der Waals surface area contributed by atoms with Crippen molar-refractivity contribution < 1.29 is 9.53 Å². The van der Waals surface area contributed by atoms with Crippen molar-refractivity contribution in [2.24, 2.45) is 0 Å². The van der Waals surface area contributed by atoms with Crippen LogP contribution in [0.25, 0.3) is 31.8 Å². The summed E-state index contributed by atoms with van der Waals surface area (Å²) >= 11 is 1.23. The second-order valence-electron chi connectivity index (χ2n) is 7.29. The summed E-state index contributed by atoms with van der Waals surface area (Å²) in [6.07, 6.45) is 0. The molecule has 0 fully saturated rings. The molecule has 3 heterocycles. The molecular weight excluding hydrogens is 440 g/mol. The van der Waals surface area contributed by atoms with Gasteiger partial charge >= 0.3 is 0 Å². The van der Waals surface area contributed by atoms with E-state index < -0.39 is 11.5 Å². The van der Waals surface area contributed by atoms with E-state index in [1.54, 1.807) is 31.4 Å². The van der Waals surface area contributed by atoms with Crippen molar-refractivity contribution in [3.8, 4) is 17.1 Å². The summed E-state index contributed by atoms with van der Waals surface area (Å²) < 4.78 is 6.59. The number of carbonyl (C=O) groups excluding carboxylic acids is 1. The molecule has 0 radical (unpaired) electrons. The van der Waals surface area contributed by atoms with E-state index in [0.717, 1.165) is 10.2 Å². The van der Waals surface area contributed by atoms with E-state index in [1.807, 2.05) is 37.3 Å². The SMILES string of the molecule is COc1cccc(NC(=O)Cn2nnc3c(sc4nc(-c5ccccc5)nc(C)c43)c2=O)c1. The molecule has 1 N–H and O–H groups in total. The Bertz CT molecular complexity index is 1560. The lowest BCUT2D eigenvalue weighted by molar-refractivity contribution is -0.117. The van der Waals surface area contributed by atoms with Gasteiger partial charge in [0.05, 0.1) is 18.2 Å². The largest absolute Gasteiger partial charge is 0.497 e. The van der Waals surface area contributed by atoms with Crippen molar-refractivity contribution in [3.05, 3.63) is 70.6 Å². The van der Waals surface area contributed by atoms with Crippen LogP contribution in [0.5, 0.6) is 5.75 Å². The Morgan fingerprint density at radius 3 is 2.73 bits per heavy atom. The molecule has 9 nitrogen and oxygen atoms in total. The van der Waals surface area contributed by atoms with Crippen molar-refractivity contribution in [2.75, 3.05) is 12.4 Å². The van der Waals surface area contributed by atoms with Gasteiger partial charge in [-0.1, -0.05) is 41.6 Å². The summed E-state index contributed by atoms with van der Waals surface area (Å²) in [6.45, 7) is 1.59. The highest BCUT2D eigenvalue weighted by atomic mass is 32.1. The molecule has 10 heteroatoms. The van der Waals surface area contributed by atoms with Crippen LogP contribution in [0.15, 0.2) is 59.4 Å². The van der Waals surface area contributed by atoms with Crippen LogP contribution in [0.4, 0.5) is 5.69 Å². The first-order chi connectivity index (χ1) is 16.0. The van der Waals surface area contributed by atoms with Gasteiger partial charge in [0.1, 0.15) is 27.3 Å². The highest BCUT2D eigenvalue weighted by molar-refractivity contribution is 7.25. The highest BCUT2D eigenvalue weighted by Gasteiger charge is 2.18. The smallest absolute Gasteiger partial charge is 0.288 e. The maximum atomic E-state index is 13.1. The Hall–Kier alpha value is -4.18. The molecule has 0 aliphatic rings. The van der Waals surface area contributed by atoms with Gasteiger partial charge in [0.25, 0.3) is 5.56 Å². The van der Waals surface area contributed by atoms with Gasteiger partial charge in [-0.2, -0.15) is 0 Å². The number of rotatable bonds is 5. The Morgan fingerprint density at radius 2 is 1.94 bits per heavy atom. The van der Waals surface area contributed by atoms with E-state index in [9.17, 15) is 9.59 Å². The van der Waals surface area contributed by atoms with E-state index in [0.29, 0.717) is 43.4 Å². The number of anilines is 1. The fourth-order valence-corrected chi connectivity index (χ4v) is 4.61. The Morgan fingerprint density at radius 1 is 1.12 bits per heavy atom. The summed E-state index contributed by atoms with van der Waals surface area (Å²) in [5.74, 6) is 0.795. The van der Waals surface area contributed by atoms with Crippen LogP contribution in [0.1, 0.15) is 5.69 Å². The van der Waals surface area contributed by atoms with Crippen molar-refractivity contribution in [1.29, 1.82) is 0 Å². The highest BCUT2D eigenvalue weighted by Crippen LogP contribution is 2.32. The number of aryl methyl sites for hydroxylation is 1. The first-order valence-corrected chi connectivity index (χ1v) is 10.9. The second-order valence-corrected chi connectivity index (χ2v) is 8.29. The molecule has 0 aliphatic carbocycles. The monoisotopic (exact) mass is 458 g/mol. The average Bonchev–Trinajstić information content (AvgIpc) is 3.21. The van der Waals surface area contributed by atoms with E-state index in [4.69, 9.17) is 4.74 Å². The fraction of sp³-hybridized carbons (Fsp3) is 0.130. The van der Waals surface area contributed by atoms with Gasteiger partial charge < -0.3 is 10.1 Å². The van der Waals surface area contributed by atoms with Crippen LogP contribution in [0, 0.1) is 6.92 Å². The number of benzene rings is 2. The minimum absolute atomic E-state index is 0.271. The Labute approximate surface area is 191 Å². The van der Waals surface area contributed by atoms with Gasteiger partial charge in [0, 0.05) is 17.3 Å². The molecule has 0 saturated heterocycles. The van der Waals surface area contributed by atoms with E-state index in [2.05, 4.69) is 25.6 Å². The maximum absolute atomic E-state index is 13.1. The Balaban J connectivity index is 1.49. The van der Waals surface area contributed by atoms with Crippen molar-refractivity contribution in [3.63, 3.8) is 0 Å². The standard InChI is InChI=1S/C23H18N6O3S/c1-13-18-19-20(33-22(18)26-21(24-13)14-7-4-3-5-8-14)23(31)29(28-27-19)12-17(30)25-15-9-6-10-16(11-15)32-2/h3-11H,12H2,1-2H3,(H,25,30). The zero-order valence-corrected chi connectivity index (χ0v) is 18.6. The normalized spacial score (nSPS) is 11.1. The number of nitrogens with one attached hydrogen (secondary N) is 1. The number of carbonyl (C=O) groups is 1. The molecule has 5 aromatic rings. The number of fused-ring (bicyclic) bond motifs is 3. The van der Waals surface area contributed by atoms with Gasteiger partial charge in [0.15, 0.2) is 5.82 Å². The number of hydrogen-bond acceptors (Lipinski definition) is 8. The topological polar surface area (TPSA) is 112 Å². The molecule has 164 valence electrons. The number of thiophene rings is 1. The molecule has 0 aliphatic heterocycles. The molecule has 0 spiro atoms. The predicted molar refractivity (Wildman–Crippen MR) is 127 cm³/mol. The molecule has 3 aromatic heterocycles. The van der Waals surface area contributed by atoms with Gasteiger partial charge in [-0.05, 0) is 19.1 Å². The average molecular weight is 459 g/mol. The number of ether oxygens (including phenoxy) is 1. The molecular formula is C23H18N6O3S. The van der Waals surface area contributed by atoms with E-state index >= 15 is 0 Å². The number of hydrogen-bond donors (Lipinski definition) is 1. The first kappa shape index (κ1) is 20.7. The molecule has 0 saturated carbocycles. The number of methoxy groups -OCH3 is 1. The van der Waals surface area contributed by atoms with E-state index in [-0.39, 0.29) is 6.54 Å². The van der Waals surface area contributed by atoms with Crippen LogP contribution in [-0.2, 0) is 11.3 Å². The summed E-state index contributed by atoms with van der Waals surface area (Å²) in [5, 5.41) is 11.6. The maximum Gasteiger partial charge on any atom is 0.288 e. The first-order valence-electron chi connectivity index (χ1n) is 10.1. The summed E-state index contributed by atoms with van der Waals surface area (Å²) in [4.78, 5) is 35.5. The summed E-state index contributed by atoms with van der Waals surface area (Å²) in [5.41, 5.74) is 2.21. The molecule has 0 atom stereocenters. The van der Waals surface area contributed by atoms with Crippen LogP contribution in [-0.4, -0.2) is 38.0 Å². The van der Waals surface area contributed by atoms with Crippen LogP contribution in [0.2, 0.25) is 0 Å². The minimum Gasteiger partial charge on any atom is -0.497 e. The van der Waals surface area contributed by atoms with Gasteiger partial charge in [-0.3, -0.25) is 9.59 Å². The molecule has 1 amide bonds. The third kappa shape index (κ3) is 3.92. The molecule has 33 heavy (non-hydrogen) atoms. The van der Waals surface area contributed by atoms with Crippen LogP contribution in [0.3, 0.4) is 0 Å². The lowest BCUT2D eigenvalue weighted by Crippen LogP contribution is -2.30. The van der Waals surface area contributed by atoms with Crippen LogP contribution < -0.4 is 15.6 Å². The van der Waals surface area contributed by atoms with Gasteiger partial charge in [0.2, 0.25) is 5.91 Å². The number of amides is 1. The third-order valence-electron chi connectivity index (χ3n) is 5.07. The zero-order chi connectivity index (χ0) is 22.9. The van der Waals surface area contributed by atoms with Crippen molar-refractivity contribution in [2.45, 2.75) is 13.5 Å². The zero-order valence-electron chi connectivity index (χ0n) is 17.8. The van der Waals surface area contributed by atoms with E-state index in [1.165, 1.54) is 11.3 Å². The molecule has 0 bridgehead atoms. The second kappa shape index (κ2) is 8.40. The summed E-state index contributed by atoms with van der Waals surface area (Å²) in [7, 11) is 1.55. The van der Waals surface area contributed by atoms with Gasteiger partial charge in [-0.15, -0.1) is 16.4 Å². The quantitative estimate of drug-likeness (QED) is 0.429. The summed E-state index contributed by atoms with van der Waals surface area (Å²) in [6, 6.07) is 16.6. The van der Waals surface area contributed by atoms with Crippen molar-refractivity contribution in [1.82, 2.24) is 25.0 Å². The van der Waals surface area contributed by atoms with Gasteiger partial charge in [-0.25, -0.2) is 14.6 Å². The predicted octanol–water partition coefficient (Wildman–Crippen LogP) is 3.42. The molecule has 0 unspecified atom stereocenters. The number of aromatic nitrogens is 5.